The van der Waals surface area contributed by atoms with Crippen molar-refractivity contribution in [2.24, 2.45) is 5.92 Å². The van der Waals surface area contributed by atoms with Crippen LogP contribution in [0.15, 0.2) is 18.2 Å². The second-order valence-corrected chi connectivity index (χ2v) is 7.44. The molecule has 2 fully saturated rings. The van der Waals surface area contributed by atoms with E-state index < -0.39 is 0 Å². The van der Waals surface area contributed by atoms with Crippen molar-refractivity contribution in [1.29, 1.82) is 0 Å². The number of rotatable bonds is 1. The Balaban J connectivity index is 1.57. The normalized spacial score (nSPS) is 28.3. The maximum Gasteiger partial charge on any atom is 0.253 e. The highest BCUT2D eigenvalue weighted by Crippen LogP contribution is 2.28. The largest absolute Gasteiger partial charge is 0.337 e. The maximum absolute atomic E-state index is 13.0. The summed E-state index contributed by atoms with van der Waals surface area (Å²) >= 11 is 0. The summed E-state index contributed by atoms with van der Waals surface area (Å²) in [4.78, 5) is 17.6. The Morgan fingerprint density at radius 1 is 1.05 bits per heavy atom. The first-order valence-electron chi connectivity index (χ1n) is 8.82. The summed E-state index contributed by atoms with van der Waals surface area (Å²) in [6, 6.07) is 6.94. The van der Waals surface area contributed by atoms with E-state index >= 15 is 0 Å². The lowest BCUT2D eigenvalue weighted by atomic mass is 9.98. The van der Waals surface area contributed by atoms with Crippen LogP contribution in [-0.2, 0) is 12.8 Å². The molecule has 2 atom stereocenters. The molecule has 4 rings (SSSR count). The molecule has 2 aliphatic heterocycles. The van der Waals surface area contributed by atoms with Gasteiger partial charge in [0.1, 0.15) is 0 Å². The molecule has 3 nitrogen and oxygen atoms in total. The molecule has 118 valence electrons. The summed E-state index contributed by atoms with van der Waals surface area (Å²) in [6.45, 7) is 3.00. The summed E-state index contributed by atoms with van der Waals surface area (Å²) in [7, 11) is 2.23. The van der Waals surface area contributed by atoms with E-state index in [4.69, 9.17) is 0 Å². The third-order valence-electron chi connectivity index (χ3n) is 5.86. The number of likely N-dealkylation sites (tertiary alicyclic amines) is 1. The highest BCUT2D eigenvalue weighted by Gasteiger charge is 2.33. The fourth-order valence-electron chi connectivity index (χ4n) is 4.58. The number of likely N-dealkylation sites (N-methyl/N-ethyl adjacent to an activating group) is 1. The van der Waals surface area contributed by atoms with Gasteiger partial charge in [-0.1, -0.05) is 12.5 Å². The Bertz CT molecular complexity index is 583. The van der Waals surface area contributed by atoms with Crippen LogP contribution in [0.5, 0.6) is 0 Å². The molecule has 0 N–H and O–H groups in total. The molecular weight excluding hydrogens is 272 g/mol. The Morgan fingerprint density at radius 2 is 1.91 bits per heavy atom. The first kappa shape index (κ1) is 14.3. The second kappa shape index (κ2) is 5.69. The van der Waals surface area contributed by atoms with Crippen molar-refractivity contribution in [3.63, 3.8) is 0 Å². The number of aryl methyl sites for hydroxylation is 2. The van der Waals surface area contributed by atoms with Crippen molar-refractivity contribution in [2.45, 2.75) is 44.6 Å². The summed E-state index contributed by atoms with van der Waals surface area (Å²) in [5.74, 6) is 0.901. The number of benzene rings is 1. The monoisotopic (exact) mass is 298 g/mol. The topological polar surface area (TPSA) is 23.6 Å². The van der Waals surface area contributed by atoms with Crippen LogP contribution in [0, 0.1) is 5.92 Å². The molecule has 2 bridgehead atoms. The first-order valence-corrected chi connectivity index (χ1v) is 8.82. The van der Waals surface area contributed by atoms with Gasteiger partial charge >= 0.3 is 0 Å². The third kappa shape index (κ3) is 2.56. The van der Waals surface area contributed by atoms with Gasteiger partial charge < -0.3 is 9.80 Å². The molecule has 3 aliphatic rings. The van der Waals surface area contributed by atoms with Crippen LogP contribution in [0.25, 0.3) is 0 Å². The highest BCUT2D eigenvalue weighted by molar-refractivity contribution is 5.94. The number of hydrogen-bond acceptors (Lipinski definition) is 2. The average Bonchev–Trinajstić information content (AvgIpc) is 2.82. The van der Waals surface area contributed by atoms with E-state index in [9.17, 15) is 4.79 Å². The quantitative estimate of drug-likeness (QED) is 0.796. The van der Waals surface area contributed by atoms with Gasteiger partial charge in [0.2, 0.25) is 0 Å². The van der Waals surface area contributed by atoms with Gasteiger partial charge in [-0.2, -0.15) is 0 Å². The van der Waals surface area contributed by atoms with Gasteiger partial charge in [0, 0.05) is 31.2 Å². The number of amides is 1. The van der Waals surface area contributed by atoms with Crippen molar-refractivity contribution >= 4 is 5.91 Å². The summed E-state index contributed by atoms with van der Waals surface area (Å²) in [5, 5.41) is 0. The molecule has 1 amide bonds. The van der Waals surface area contributed by atoms with Crippen molar-refractivity contribution in [3.8, 4) is 0 Å². The molecule has 0 saturated carbocycles. The zero-order valence-electron chi connectivity index (χ0n) is 13.6. The van der Waals surface area contributed by atoms with Gasteiger partial charge in [0.15, 0.2) is 0 Å². The molecule has 1 aromatic rings. The van der Waals surface area contributed by atoms with E-state index in [0.29, 0.717) is 12.0 Å². The standard InChI is InChI=1S/C19H26N2O/c1-20-11-14-4-2-7-18(20)13-21(12-14)19(22)17-9-8-15-5-3-6-16(15)10-17/h8-10,14,18H,2-7,11-13H2,1H3/t14-,18-/m0/s1. The molecular formula is C19H26N2O. The number of carbonyl (C=O) groups excluding carboxylic acids is 1. The SMILES string of the molecule is CN1C[C@@H]2CCC[C@H]1CN(C(=O)c1ccc3c(c1)CCC3)C2. The van der Waals surface area contributed by atoms with E-state index in [1.807, 2.05) is 0 Å². The molecule has 1 aromatic carbocycles. The van der Waals surface area contributed by atoms with Crippen LogP contribution in [0.2, 0.25) is 0 Å². The van der Waals surface area contributed by atoms with Gasteiger partial charge in [-0.05, 0) is 68.3 Å². The highest BCUT2D eigenvalue weighted by atomic mass is 16.2. The van der Waals surface area contributed by atoms with E-state index in [1.54, 1.807) is 0 Å². The third-order valence-corrected chi connectivity index (χ3v) is 5.86. The van der Waals surface area contributed by atoms with Crippen molar-refractivity contribution in [1.82, 2.24) is 9.80 Å². The van der Waals surface area contributed by atoms with Gasteiger partial charge in [-0.3, -0.25) is 4.79 Å². The van der Waals surface area contributed by atoms with Crippen molar-refractivity contribution in [2.75, 3.05) is 26.7 Å². The fourth-order valence-corrected chi connectivity index (χ4v) is 4.58. The van der Waals surface area contributed by atoms with Crippen molar-refractivity contribution in [3.05, 3.63) is 34.9 Å². The van der Waals surface area contributed by atoms with Crippen LogP contribution in [0.3, 0.4) is 0 Å². The van der Waals surface area contributed by atoms with E-state index in [-0.39, 0.29) is 5.91 Å². The van der Waals surface area contributed by atoms with Crippen molar-refractivity contribution < 1.29 is 4.79 Å². The predicted molar refractivity (Wildman–Crippen MR) is 88.1 cm³/mol. The average molecular weight is 298 g/mol. The van der Waals surface area contributed by atoms with Crippen LogP contribution in [0.1, 0.15) is 47.2 Å². The molecule has 0 radical (unpaired) electrons. The maximum atomic E-state index is 13.0. The lowest BCUT2D eigenvalue weighted by Crippen LogP contribution is -2.42. The van der Waals surface area contributed by atoms with Crippen LogP contribution in [0.4, 0.5) is 0 Å². The minimum absolute atomic E-state index is 0.252. The molecule has 0 unspecified atom stereocenters. The lowest BCUT2D eigenvalue weighted by Gasteiger charge is -2.30. The lowest BCUT2D eigenvalue weighted by molar-refractivity contribution is 0.0710. The Hall–Kier alpha value is -1.35. The molecule has 2 heterocycles. The molecule has 3 heteroatoms. The summed E-state index contributed by atoms with van der Waals surface area (Å²) in [5.41, 5.74) is 3.75. The van der Waals surface area contributed by atoms with Crippen LogP contribution in [-0.4, -0.2) is 48.4 Å². The van der Waals surface area contributed by atoms with E-state index in [0.717, 1.165) is 31.6 Å². The molecule has 0 aromatic heterocycles. The zero-order chi connectivity index (χ0) is 15.1. The predicted octanol–water partition coefficient (Wildman–Crippen LogP) is 2.73. The van der Waals surface area contributed by atoms with Gasteiger partial charge in [-0.25, -0.2) is 0 Å². The minimum atomic E-state index is 0.252. The fraction of sp³-hybridized carbons (Fsp3) is 0.632. The number of nitrogens with zero attached hydrogens (tertiary/aromatic N) is 2. The number of hydrogen-bond donors (Lipinski definition) is 0. The van der Waals surface area contributed by atoms with E-state index in [2.05, 4.69) is 35.0 Å². The van der Waals surface area contributed by atoms with E-state index in [1.165, 1.54) is 43.2 Å². The number of fused-ring (bicyclic) bond motifs is 4. The molecule has 2 saturated heterocycles. The van der Waals surface area contributed by atoms with Gasteiger partial charge in [0.05, 0.1) is 0 Å². The van der Waals surface area contributed by atoms with Crippen LogP contribution >= 0.6 is 0 Å². The zero-order valence-corrected chi connectivity index (χ0v) is 13.6. The van der Waals surface area contributed by atoms with Gasteiger partial charge in [0.25, 0.3) is 5.91 Å². The second-order valence-electron chi connectivity index (χ2n) is 7.44. The Morgan fingerprint density at radius 3 is 2.82 bits per heavy atom. The molecule has 22 heavy (non-hydrogen) atoms. The first-order chi connectivity index (χ1) is 10.7. The Labute approximate surface area is 133 Å². The van der Waals surface area contributed by atoms with Gasteiger partial charge in [-0.15, -0.1) is 0 Å². The molecule has 1 aliphatic carbocycles. The number of carbonyl (C=O) groups is 1. The van der Waals surface area contributed by atoms with Crippen LogP contribution < -0.4 is 0 Å². The summed E-state index contributed by atoms with van der Waals surface area (Å²) < 4.78 is 0. The minimum Gasteiger partial charge on any atom is -0.337 e. The Kier molecular flexibility index (Phi) is 3.69. The summed E-state index contributed by atoms with van der Waals surface area (Å²) in [6.07, 6.45) is 7.40. The smallest absolute Gasteiger partial charge is 0.253 e. The molecule has 0 spiro atoms.